The zero-order valence-corrected chi connectivity index (χ0v) is 11.0. The third-order valence-electron chi connectivity index (χ3n) is 3.73. The average molecular weight is 257 g/mol. The number of carbonyl (C=O) groups excluding carboxylic acids is 1. The van der Waals surface area contributed by atoms with Crippen molar-refractivity contribution in [1.29, 1.82) is 0 Å². The summed E-state index contributed by atoms with van der Waals surface area (Å²) in [5, 5.41) is 3.12. The summed E-state index contributed by atoms with van der Waals surface area (Å²) in [6.45, 7) is 0. The van der Waals surface area contributed by atoms with Crippen LogP contribution in [0.3, 0.4) is 0 Å². The highest BCUT2D eigenvalue weighted by atomic mass is 16.1. The van der Waals surface area contributed by atoms with Crippen molar-refractivity contribution in [3.63, 3.8) is 0 Å². The molecule has 0 radical (unpaired) electrons. The minimum absolute atomic E-state index is 0.0929. The largest absolute Gasteiger partial charge is 0.353 e. The van der Waals surface area contributed by atoms with Gasteiger partial charge in [-0.05, 0) is 25.0 Å². The van der Waals surface area contributed by atoms with Crippen molar-refractivity contribution in [1.82, 2.24) is 14.7 Å². The van der Waals surface area contributed by atoms with Gasteiger partial charge in [-0.25, -0.2) is 4.98 Å². The fraction of sp³-hybridized carbons (Fsp3) is 0.467. The second-order valence-corrected chi connectivity index (χ2v) is 5.28. The molecule has 1 aliphatic carbocycles. The van der Waals surface area contributed by atoms with E-state index in [-0.39, 0.29) is 5.91 Å². The first kappa shape index (κ1) is 12.2. The quantitative estimate of drug-likeness (QED) is 0.917. The Kier molecular flexibility index (Phi) is 3.49. The highest BCUT2D eigenvalue weighted by Crippen LogP contribution is 2.17. The molecule has 2 aromatic rings. The predicted molar refractivity (Wildman–Crippen MR) is 73.9 cm³/mol. The lowest BCUT2D eigenvalue weighted by Crippen LogP contribution is -2.37. The second-order valence-electron chi connectivity index (χ2n) is 5.28. The molecule has 19 heavy (non-hydrogen) atoms. The molecule has 4 nitrogen and oxygen atoms in total. The predicted octanol–water partition coefficient (Wildman–Crippen LogP) is 2.33. The molecule has 1 saturated carbocycles. The Balaban J connectivity index is 1.62. The molecule has 1 aliphatic rings. The molecule has 0 spiro atoms. The van der Waals surface area contributed by atoms with E-state index in [1.54, 1.807) is 0 Å². The molecule has 0 aromatic carbocycles. The van der Waals surface area contributed by atoms with Crippen LogP contribution in [0.15, 0.2) is 30.6 Å². The van der Waals surface area contributed by atoms with Gasteiger partial charge in [-0.1, -0.05) is 25.3 Å². The molecule has 4 heteroatoms. The van der Waals surface area contributed by atoms with E-state index in [4.69, 9.17) is 0 Å². The summed E-state index contributed by atoms with van der Waals surface area (Å²) < 4.78 is 1.95. The molecule has 0 aliphatic heterocycles. The van der Waals surface area contributed by atoms with Crippen molar-refractivity contribution in [3.05, 3.63) is 36.3 Å². The van der Waals surface area contributed by atoms with Crippen LogP contribution in [0.25, 0.3) is 5.65 Å². The van der Waals surface area contributed by atoms with E-state index < -0.39 is 0 Å². The summed E-state index contributed by atoms with van der Waals surface area (Å²) in [7, 11) is 0. The Morgan fingerprint density at radius 1 is 1.32 bits per heavy atom. The maximum Gasteiger partial charge on any atom is 0.226 e. The third kappa shape index (κ3) is 2.95. The normalized spacial score (nSPS) is 16.6. The van der Waals surface area contributed by atoms with Crippen LogP contribution in [0, 0.1) is 0 Å². The van der Waals surface area contributed by atoms with Gasteiger partial charge < -0.3 is 9.72 Å². The maximum absolute atomic E-state index is 12.0. The van der Waals surface area contributed by atoms with Crippen LogP contribution >= 0.6 is 0 Å². The highest BCUT2D eigenvalue weighted by molar-refractivity contribution is 5.78. The third-order valence-corrected chi connectivity index (χ3v) is 3.73. The minimum Gasteiger partial charge on any atom is -0.353 e. The van der Waals surface area contributed by atoms with Gasteiger partial charge in [-0.15, -0.1) is 0 Å². The number of fused-ring (bicyclic) bond motifs is 1. The molecule has 2 heterocycles. The Labute approximate surface area is 112 Å². The van der Waals surface area contributed by atoms with Crippen molar-refractivity contribution in [2.75, 3.05) is 0 Å². The van der Waals surface area contributed by atoms with Crippen molar-refractivity contribution in [2.45, 2.75) is 44.6 Å². The molecular weight excluding hydrogens is 238 g/mol. The summed E-state index contributed by atoms with van der Waals surface area (Å²) in [6.07, 6.45) is 10.3. The van der Waals surface area contributed by atoms with E-state index in [0.29, 0.717) is 12.5 Å². The molecule has 0 unspecified atom stereocenters. The first-order valence-electron chi connectivity index (χ1n) is 7.03. The van der Waals surface area contributed by atoms with Gasteiger partial charge in [0.25, 0.3) is 0 Å². The number of hydrogen-bond acceptors (Lipinski definition) is 2. The monoisotopic (exact) mass is 257 g/mol. The van der Waals surface area contributed by atoms with Gasteiger partial charge in [-0.2, -0.15) is 0 Å². The first-order valence-corrected chi connectivity index (χ1v) is 7.03. The van der Waals surface area contributed by atoms with Gasteiger partial charge in [0.2, 0.25) is 5.91 Å². The summed E-state index contributed by atoms with van der Waals surface area (Å²) in [5.41, 5.74) is 1.72. The molecule has 1 amide bonds. The van der Waals surface area contributed by atoms with Crippen LogP contribution in [0.5, 0.6) is 0 Å². The Morgan fingerprint density at radius 3 is 2.95 bits per heavy atom. The lowest BCUT2D eigenvalue weighted by atomic mass is 9.95. The molecule has 1 fully saturated rings. The molecule has 100 valence electrons. The van der Waals surface area contributed by atoms with E-state index in [1.165, 1.54) is 19.3 Å². The fourth-order valence-corrected chi connectivity index (χ4v) is 2.76. The number of pyridine rings is 1. The molecule has 0 bridgehead atoms. The fourth-order valence-electron chi connectivity index (χ4n) is 2.76. The van der Waals surface area contributed by atoms with Crippen molar-refractivity contribution >= 4 is 11.6 Å². The van der Waals surface area contributed by atoms with E-state index in [2.05, 4.69) is 10.3 Å². The highest BCUT2D eigenvalue weighted by Gasteiger charge is 2.16. The van der Waals surface area contributed by atoms with Crippen LogP contribution in [-0.2, 0) is 11.2 Å². The van der Waals surface area contributed by atoms with Crippen molar-refractivity contribution in [2.24, 2.45) is 0 Å². The minimum atomic E-state index is 0.0929. The van der Waals surface area contributed by atoms with Gasteiger partial charge in [-0.3, -0.25) is 4.79 Å². The maximum atomic E-state index is 12.0. The van der Waals surface area contributed by atoms with E-state index >= 15 is 0 Å². The molecule has 0 saturated heterocycles. The smallest absolute Gasteiger partial charge is 0.226 e. The van der Waals surface area contributed by atoms with Crippen LogP contribution in [0.2, 0.25) is 0 Å². The number of aromatic nitrogens is 2. The zero-order valence-electron chi connectivity index (χ0n) is 11.0. The van der Waals surface area contributed by atoms with E-state index in [0.717, 1.165) is 24.2 Å². The van der Waals surface area contributed by atoms with E-state index in [1.807, 2.05) is 35.0 Å². The summed E-state index contributed by atoms with van der Waals surface area (Å²) >= 11 is 0. The summed E-state index contributed by atoms with van der Waals surface area (Å²) in [6, 6.07) is 6.23. The van der Waals surface area contributed by atoms with E-state index in [9.17, 15) is 4.79 Å². The van der Waals surface area contributed by atoms with Gasteiger partial charge in [0.15, 0.2) is 0 Å². The topological polar surface area (TPSA) is 46.4 Å². The number of amides is 1. The lowest BCUT2D eigenvalue weighted by molar-refractivity contribution is -0.121. The van der Waals surface area contributed by atoms with Crippen molar-refractivity contribution in [3.8, 4) is 0 Å². The first-order chi connectivity index (χ1) is 9.31. The zero-order chi connectivity index (χ0) is 13.1. The number of carbonyl (C=O) groups is 1. The second kappa shape index (κ2) is 5.43. The molecule has 1 N–H and O–H groups in total. The SMILES string of the molecule is O=C(Cc1cn2ccccc2n1)NC1CCCCC1. The standard InChI is InChI=1S/C15H19N3O/c19-15(17-12-6-2-1-3-7-12)10-13-11-18-9-5-4-8-14(18)16-13/h4-5,8-9,11-12H,1-3,6-7,10H2,(H,17,19). The lowest BCUT2D eigenvalue weighted by Gasteiger charge is -2.22. The van der Waals surface area contributed by atoms with Gasteiger partial charge in [0, 0.05) is 18.4 Å². The number of nitrogens with zero attached hydrogens (tertiary/aromatic N) is 2. The van der Waals surface area contributed by atoms with Gasteiger partial charge in [0.1, 0.15) is 5.65 Å². The van der Waals surface area contributed by atoms with Gasteiger partial charge in [0.05, 0.1) is 12.1 Å². The average Bonchev–Trinajstić information content (AvgIpc) is 2.81. The number of imidazole rings is 1. The van der Waals surface area contributed by atoms with Crippen molar-refractivity contribution < 1.29 is 4.79 Å². The number of rotatable bonds is 3. The van der Waals surface area contributed by atoms with Crippen LogP contribution in [-0.4, -0.2) is 21.3 Å². The summed E-state index contributed by atoms with van der Waals surface area (Å²) in [5.74, 6) is 0.0929. The van der Waals surface area contributed by atoms with Gasteiger partial charge >= 0.3 is 0 Å². The van der Waals surface area contributed by atoms with Crippen LogP contribution in [0.1, 0.15) is 37.8 Å². The molecule has 2 aromatic heterocycles. The number of hydrogen-bond donors (Lipinski definition) is 1. The molecule has 3 rings (SSSR count). The Bertz CT molecular complexity index is 537. The Hall–Kier alpha value is -1.84. The summed E-state index contributed by atoms with van der Waals surface area (Å²) in [4.78, 5) is 16.4. The molecule has 0 atom stereocenters. The van der Waals surface area contributed by atoms with Crippen LogP contribution in [0.4, 0.5) is 0 Å². The molecular formula is C15H19N3O. The van der Waals surface area contributed by atoms with Crippen LogP contribution < -0.4 is 5.32 Å². The number of nitrogens with one attached hydrogen (secondary N) is 1. The Morgan fingerprint density at radius 2 is 2.16 bits per heavy atom.